The van der Waals surface area contributed by atoms with Crippen molar-refractivity contribution in [2.75, 3.05) is 13.7 Å². The van der Waals surface area contributed by atoms with Gasteiger partial charge in [0.2, 0.25) is 5.76 Å². The molecule has 1 amide bonds. The minimum atomic E-state index is -0.297. The van der Waals surface area contributed by atoms with Gasteiger partial charge < -0.3 is 18.9 Å². The van der Waals surface area contributed by atoms with Gasteiger partial charge in [0, 0.05) is 13.0 Å². The van der Waals surface area contributed by atoms with E-state index in [0.29, 0.717) is 24.3 Å². The maximum atomic E-state index is 12.2. The number of methoxy groups -OCH3 is 1. The maximum Gasteiger partial charge on any atom is 0.290 e. The Morgan fingerprint density at radius 2 is 2.10 bits per heavy atom. The third-order valence-corrected chi connectivity index (χ3v) is 3.20. The molecule has 0 spiro atoms. The standard InChI is InChI=1S/C16H15NO4/c1-19-14-12-6-2-3-7-13(12)21-15(14)16(18)17-9-8-11-5-4-10-20-11/h2-7,10H,8-9H2,1H3,(H,17,18). The molecule has 2 aromatic heterocycles. The summed E-state index contributed by atoms with van der Waals surface area (Å²) in [7, 11) is 1.52. The van der Waals surface area contributed by atoms with Crippen molar-refractivity contribution in [3.8, 4) is 5.75 Å². The second-order valence-electron chi connectivity index (χ2n) is 4.55. The molecular formula is C16H15NO4. The Bertz CT molecular complexity index is 743. The highest BCUT2D eigenvalue weighted by atomic mass is 16.5. The largest absolute Gasteiger partial charge is 0.492 e. The van der Waals surface area contributed by atoms with Gasteiger partial charge >= 0.3 is 0 Å². The van der Waals surface area contributed by atoms with E-state index in [9.17, 15) is 4.79 Å². The lowest BCUT2D eigenvalue weighted by molar-refractivity contribution is 0.0924. The van der Waals surface area contributed by atoms with E-state index < -0.39 is 0 Å². The van der Waals surface area contributed by atoms with E-state index >= 15 is 0 Å². The summed E-state index contributed by atoms with van der Waals surface area (Å²) in [5.41, 5.74) is 0.630. The molecule has 3 rings (SSSR count). The summed E-state index contributed by atoms with van der Waals surface area (Å²) in [6.07, 6.45) is 2.24. The summed E-state index contributed by atoms with van der Waals surface area (Å²) in [4.78, 5) is 12.2. The molecule has 0 bridgehead atoms. The second kappa shape index (κ2) is 5.75. The molecule has 0 fully saturated rings. The Morgan fingerprint density at radius 1 is 1.24 bits per heavy atom. The monoisotopic (exact) mass is 285 g/mol. The molecule has 0 saturated heterocycles. The van der Waals surface area contributed by atoms with Crippen LogP contribution in [0.15, 0.2) is 51.5 Å². The lowest BCUT2D eigenvalue weighted by Gasteiger charge is -2.03. The molecule has 2 heterocycles. The van der Waals surface area contributed by atoms with Crippen molar-refractivity contribution in [1.29, 1.82) is 0 Å². The molecule has 0 radical (unpaired) electrons. The number of ether oxygens (including phenoxy) is 1. The van der Waals surface area contributed by atoms with Gasteiger partial charge in [-0.05, 0) is 24.3 Å². The molecule has 5 heteroatoms. The van der Waals surface area contributed by atoms with Crippen molar-refractivity contribution < 1.29 is 18.4 Å². The zero-order valence-electron chi connectivity index (χ0n) is 11.6. The van der Waals surface area contributed by atoms with Gasteiger partial charge in [-0.2, -0.15) is 0 Å². The van der Waals surface area contributed by atoms with Crippen molar-refractivity contribution in [2.24, 2.45) is 0 Å². The van der Waals surface area contributed by atoms with Gasteiger partial charge in [0.1, 0.15) is 11.3 Å². The highest BCUT2D eigenvalue weighted by Gasteiger charge is 2.20. The zero-order chi connectivity index (χ0) is 14.7. The minimum absolute atomic E-state index is 0.193. The fraction of sp³-hybridized carbons (Fsp3) is 0.188. The molecule has 3 aromatic rings. The number of para-hydroxylation sites is 1. The lowest BCUT2D eigenvalue weighted by Crippen LogP contribution is -2.25. The van der Waals surface area contributed by atoms with Gasteiger partial charge in [-0.1, -0.05) is 12.1 Å². The molecule has 5 nitrogen and oxygen atoms in total. The van der Waals surface area contributed by atoms with Gasteiger partial charge in [0.15, 0.2) is 5.75 Å². The van der Waals surface area contributed by atoms with Crippen molar-refractivity contribution in [2.45, 2.75) is 6.42 Å². The highest BCUT2D eigenvalue weighted by Crippen LogP contribution is 2.32. The summed E-state index contributed by atoms with van der Waals surface area (Å²) in [6, 6.07) is 11.1. The molecule has 0 unspecified atom stereocenters. The first kappa shape index (κ1) is 13.3. The Balaban J connectivity index is 1.74. The van der Waals surface area contributed by atoms with Crippen LogP contribution in [0.2, 0.25) is 0 Å². The number of furan rings is 2. The fourth-order valence-corrected chi connectivity index (χ4v) is 2.21. The number of nitrogens with one attached hydrogen (secondary N) is 1. The number of amides is 1. The number of fused-ring (bicyclic) bond motifs is 1. The van der Waals surface area contributed by atoms with Crippen molar-refractivity contribution in [1.82, 2.24) is 5.32 Å². The third-order valence-electron chi connectivity index (χ3n) is 3.20. The minimum Gasteiger partial charge on any atom is -0.492 e. The zero-order valence-corrected chi connectivity index (χ0v) is 11.6. The first-order valence-corrected chi connectivity index (χ1v) is 6.65. The molecule has 108 valence electrons. The smallest absolute Gasteiger partial charge is 0.290 e. The SMILES string of the molecule is COc1c(C(=O)NCCc2ccco2)oc2ccccc12. The van der Waals surface area contributed by atoms with Crippen molar-refractivity contribution in [3.63, 3.8) is 0 Å². The molecular weight excluding hydrogens is 270 g/mol. The van der Waals surface area contributed by atoms with Gasteiger partial charge in [0.25, 0.3) is 5.91 Å². The van der Waals surface area contributed by atoms with Crippen LogP contribution in [0.1, 0.15) is 16.3 Å². The lowest BCUT2D eigenvalue weighted by atomic mass is 10.2. The quantitative estimate of drug-likeness (QED) is 0.782. The van der Waals surface area contributed by atoms with Crippen LogP contribution in [0.5, 0.6) is 5.75 Å². The number of rotatable bonds is 5. The average Bonchev–Trinajstić information content (AvgIpc) is 3.13. The molecule has 0 aliphatic heterocycles. The van der Waals surface area contributed by atoms with Crippen molar-refractivity contribution >= 4 is 16.9 Å². The number of carbonyl (C=O) groups is 1. The first-order chi connectivity index (χ1) is 10.3. The van der Waals surface area contributed by atoms with Crippen LogP contribution in [0.4, 0.5) is 0 Å². The second-order valence-corrected chi connectivity index (χ2v) is 4.55. The van der Waals surface area contributed by atoms with E-state index in [-0.39, 0.29) is 11.7 Å². The molecule has 0 atom stereocenters. The van der Waals surface area contributed by atoms with Gasteiger partial charge in [-0.15, -0.1) is 0 Å². The summed E-state index contributed by atoms with van der Waals surface area (Å²) < 4.78 is 16.1. The summed E-state index contributed by atoms with van der Waals surface area (Å²) in [5, 5.41) is 3.59. The van der Waals surface area contributed by atoms with E-state index in [1.807, 2.05) is 30.3 Å². The highest BCUT2D eigenvalue weighted by molar-refractivity contribution is 6.01. The summed E-state index contributed by atoms with van der Waals surface area (Å²) in [5.74, 6) is 1.18. The Morgan fingerprint density at radius 3 is 2.86 bits per heavy atom. The molecule has 1 N–H and O–H groups in total. The Hall–Kier alpha value is -2.69. The molecule has 0 aliphatic carbocycles. The predicted octanol–water partition coefficient (Wildman–Crippen LogP) is 3.01. The molecule has 0 saturated carbocycles. The van der Waals surface area contributed by atoms with E-state index in [2.05, 4.69) is 5.32 Å². The maximum absolute atomic E-state index is 12.2. The van der Waals surface area contributed by atoms with Crippen LogP contribution in [0.25, 0.3) is 11.0 Å². The fourth-order valence-electron chi connectivity index (χ4n) is 2.21. The topological polar surface area (TPSA) is 64.6 Å². The molecule has 1 aromatic carbocycles. The van der Waals surface area contributed by atoms with E-state index in [1.54, 1.807) is 12.3 Å². The normalized spacial score (nSPS) is 10.7. The van der Waals surface area contributed by atoms with E-state index in [1.165, 1.54) is 7.11 Å². The number of benzene rings is 1. The predicted molar refractivity (Wildman–Crippen MR) is 77.5 cm³/mol. The summed E-state index contributed by atoms with van der Waals surface area (Å²) in [6.45, 7) is 0.465. The van der Waals surface area contributed by atoms with E-state index in [0.717, 1.165) is 11.1 Å². The van der Waals surface area contributed by atoms with Crippen LogP contribution in [0.3, 0.4) is 0 Å². The van der Waals surface area contributed by atoms with Crippen LogP contribution >= 0.6 is 0 Å². The van der Waals surface area contributed by atoms with Crippen molar-refractivity contribution in [3.05, 3.63) is 54.2 Å². The van der Waals surface area contributed by atoms with Crippen LogP contribution in [-0.4, -0.2) is 19.6 Å². The van der Waals surface area contributed by atoms with Gasteiger partial charge in [0.05, 0.1) is 18.8 Å². The van der Waals surface area contributed by atoms with Gasteiger partial charge in [-0.25, -0.2) is 0 Å². The number of hydrogen-bond donors (Lipinski definition) is 1. The Kier molecular flexibility index (Phi) is 3.64. The summed E-state index contributed by atoms with van der Waals surface area (Å²) >= 11 is 0. The van der Waals surface area contributed by atoms with Crippen LogP contribution in [-0.2, 0) is 6.42 Å². The number of hydrogen-bond acceptors (Lipinski definition) is 4. The van der Waals surface area contributed by atoms with Crippen LogP contribution < -0.4 is 10.1 Å². The molecule has 21 heavy (non-hydrogen) atoms. The van der Waals surface area contributed by atoms with E-state index in [4.69, 9.17) is 13.6 Å². The first-order valence-electron chi connectivity index (χ1n) is 6.65. The average molecular weight is 285 g/mol. The van der Waals surface area contributed by atoms with Crippen LogP contribution in [0, 0.1) is 0 Å². The molecule has 0 aliphatic rings. The third kappa shape index (κ3) is 2.63. The number of carbonyl (C=O) groups excluding carboxylic acids is 1. The Labute approximate surface area is 121 Å². The van der Waals surface area contributed by atoms with Gasteiger partial charge in [-0.3, -0.25) is 4.79 Å².